The molecule has 7 heteroatoms. The van der Waals surface area contributed by atoms with Crippen molar-refractivity contribution in [3.8, 4) is 5.88 Å². The predicted octanol–water partition coefficient (Wildman–Crippen LogP) is 3.11. The van der Waals surface area contributed by atoms with Gasteiger partial charge in [0.15, 0.2) is 0 Å². The fourth-order valence-electron chi connectivity index (χ4n) is 2.61. The van der Waals surface area contributed by atoms with Crippen LogP contribution in [0, 0.1) is 6.92 Å². The number of hydrogen-bond donors (Lipinski definition) is 0. The summed E-state index contributed by atoms with van der Waals surface area (Å²) in [6.07, 6.45) is 5.80. The third-order valence-electron chi connectivity index (χ3n) is 4.00. The first kappa shape index (κ1) is 17.3. The summed E-state index contributed by atoms with van der Waals surface area (Å²) in [5.74, 6) is 0.539. The van der Waals surface area contributed by atoms with Crippen molar-refractivity contribution in [2.24, 2.45) is 0 Å². The van der Waals surface area contributed by atoms with Gasteiger partial charge in [0.05, 0.1) is 16.9 Å². The molecule has 3 aromatic rings. The molecule has 0 fully saturated rings. The molecule has 3 aromatic heterocycles. The van der Waals surface area contributed by atoms with E-state index >= 15 is 0 Å². The van der Waals surface area contributed by atoms with Crippen molar-refractivity contribution in [1.82, 2.24) is 19.9 Å². The van der Waals surface area contributed by atoms with Gasteiger partial charge in [0.2, 0.25) is 5.88 Å². The number of aromatic nitrogens is 3. The lowest BCUT2D eigenvalue weighted by Gasteiger charge is -2.16. The fraction of sp³-hybridized carbons (Fsp3) is 0.333. The monoisotopic (exact) mass is 356 g/mol. The number of carbonyl (C=O) groups is 1. The Hall–Kier alpha value is -2.54. The van der Waals surface area contributed by atoms with E-state index in [0.29, 0.717) is 23.9 Å². The highest BCUT2D eigenvalue weighted by Gasteiger charge is 2.22. The average Bonchev–Trinajstić information content (AvgIpc) is 2.98. The van der Waals surface area contributed by atoms with E-state index in [9.17, 15) is 4.79 Å². The number of hydrogen-bond acceptors (Lipinski definition) is 6. The number of pyridine rings is 1. The Kier molecular flexibility index (Phi) is 5.23. The number of rotatable bonds is 6. The Bertz CT molecular complexity index is 879. The van der Waals surface area contributed by atoms with Crippen LogP contribution < -0.4 is 4.74 Å². The molecule has 0 radical (unpaired) electrons. The SMILES string of the molecule is CCOc1ncnc2sc(C(=O)N(C)CCc3ccncc3)c(C)c12. The largest absolute Gasteiger partial charge is 0.477 e. The zero-order valence-electron chi connectivity index (χ0n) is 14.5. The number of likely N-dealkylation sites (N-methyl/N-ethyl adjacent to an activating group) is 1. The molecule has 0 aliphatic rings. The summed E-state index contributed by atoms with van der Waals surface area (Å²) in [4.78, 5) is 28.6. The van der Waals surface area contributed by atoms with Gasteiger partial charge in [-0.15, -0.1) is 11.3 Å². The van der Waals surface area contributed by atoms with E-state index in [2.05, 4.69) is 15.0 Å². The minimum atomic E-state index is -0.00277. The normalized spacial score (nSPS) is 10.8. The van der Waals surface area contributed by atoms with Gasteiger partial charge in [-0.05, 0) is 43.5 Å². The zero-order chi connectivity index (χ0) is 17.8. The molecule has 0 aliphatic carbocycles. The molecule has 6 nitrogen and oxygen atoms in total. The number of nitrogens with zero attached hydrogens (tertiary/aromatic N) is 4. The van der Waals surface area contributed by atoms with Crippen LogP contribution in [0.3, 0.4) is 0 Å². The lowest BCUT2D eigenvalue weighted by Crippen LogP contribution is -2.28. The highest BCUT2D eigenvalue weighted by atomic mass is 32.1. The molecule has 130 valence electrons. The molecule has 0 bridgehead atoms. The minimum absolute atomic E-state index is 0.00277. The molecule has 0 saturated carbocycles. The number of thiophene rings is 1. The highest BCUT2D eigenvalue weighted by Crippen LogP contribution is 2.34. The fourth-order valence-corrected chi connectivity index (χ4v) is 3.74. The summed E-state index contributed by atoms with van der Waals surface area (Å²) >= 11 is 1.39. The van der Waals surface area contributed by atoms with Crippen molar-refractivity contribution >= 4 is 27.5 Å². The van der Waals surface area contributed by atoms with Gasteiger partial charge >= 0.3 is 0 Å². The molecular formula is C18H20N4O2S. The summed E-state index contributed by atoms with van der Waals surface area (Å²) in [6.45, 7) is 5.00. The number of amides is 1. The first-order valence-corrected chi connectivity index (χ1v) is 8.94. The van der Waals surface area contributed by atoms with Crippen LogP contribution in [-0.2, 0) is 6.42 Å². The second-order valence-corrected chi connectivity index (χ2v) is 6.68. The molecular weight excluding hydrogens is 336 g/mol. The van der Waals surface area contributed by atoms with Gasteiger partial charge in [-0.25, -0.2) is 9.97 Å². The third-order valence-corrected chi connectivity index (χ3v) is 5.19. The Balaban J connectivity index is 1.82. The van der Waals surface area contributed by atoms with Crippen LogP contribution in [-0.4, -0.2) is 46.0 Å². The van der Waals surface area contributed by atoms with Crippen LogP contribution in [0.2, 0.25) is 0 Å². The summed E-state index contributed by atoms with van der Waals surface area (Å²) in [5.41, 5.74) is 2.04. The van der Waals surface area contributed by atoms with Crippen molar-refractivity contribution < 1.29 is 9.53 Å². The van der Waals surface area contributed by atoms with Crippen LogP contribution >= 0.6 is 11.3 Å². The molecule has 0 unspecified atom stereocenters. The van der Waals surface area contributed by atoms with E-state index in [1.54, 1.807) is 17.3 Å². The van der Waals surface area contributed by atoms with Crippen molar-refractivity contribution in [2.45, 2.75) is 20.3 Å². The molecule has 0 atom stereocenters. The van der Waals surface area contributed by atoms with E-state index in [-0.39, 0.29) is 5.91 Å². The smallest absolute Gasteiger partial charge is 0.264 e. The van der Waals surface area contributed by atoms with E-state index < -0.39 is 0 Å². The van der Waals surface area contributed by atoms with Crippen molar-refractivity contribution in [1.29, 1.82) is 0 Å². The van der Waals surface area contributed by atoms with E-state index in [4.69, 9.17) is 4.74 Å². The van der Waals surface area contributed by atoms with Crippen LogP contribution in [0.5, 0.6) is 5.88 Å². The van der Waals surface area contributed by atoms with Crippen molar-refractivity contribution in [3.05, 3.63) is 46.9 Å². The number of fused-ring (bicyclic) bond motifs is 1. The summed E-state index contributed by atoms with van der Waals surface area (Å²) in [5, 5.41) is 0.834. The zero-order valence-corrected chi connectivity index (χ0v) is 15.3. The van der Waals surface area contributed by atoms with Crippen molar-refractivity contribution in [2.75, 3.05) is 20.2 Å². The summed E-state index contributed by atoms with van der Waals surface area (Å²) in [7, 11) is 1.82. The van der Waals surface area contributed by atoms with Crippen LogP contribution in [0.1, 0.15) is 27.7 Å². The van der Waals surface area contributed by atoms with Crippen LogP contribution in [0.25, 0.3) is 10.2 Å². The molecule has 0 aromatic carbocycles. The number of aryl methyl sites for hydroxylation is 1. The maximum Gasteiger partial charge on any atom is 0.264 e. The second-order valence-electron chi connectivity index (χ2n) is 5.68. The van der Waals surface area contributed by atoms with Gasteiger partial charge in [0.1, 0.15) is 11.2 Å². The quantitative estimate of drug-likeness (QED) is 0.679. The topological polar surface area (TPSA) is 68.2 Å². The Morgan fingerprint density at radius 1 is 1.28 bits per heavy atom. The molecule has 3 heterocycles. The summed E-state index contributed by atoms with van der Waals surface area (Å²) < 4.78 is 5.58. The lowest BCUT2D eigenvalue weighted by atomic mass is 10.1. The van der Waals surface area contributed by atoms with Gasteiger partial charge in [0.25, 0.3) is 5.91 Å². The van der Waals surface area contributed by atoms with Crippen LogP contribution in [0.15, 0.2) is 30.9 Å². The molecule has 0 N–H and O–H groups in total. The molecule has 25 heavy (non-hydrogen) atoms. The highest BCUT2D eigenvalue weighted by molar-refractivity contribution is 7.20. The number of carbonyl (C=O) groups excluding carboxylic acids is 1. The Morgan fingerprint density at radius 3 is 2.76 bits per heavy atom. The summed E-state index contributed by atoms with van der Waals surface area (Å²) in [6, 6.07) is 3.93. The number of ether oxygens (including phenoxy) is 1. The van der Waals surface area contributed by atoms with Gasteiger partial charge < -0.3 is 9.64 Å². The molecule has 1 amide bonds. The van der Waals surface area contributed by atoms with E-state index in [1.165, 1.54) is 17.7 Å². The lowest BCUT2D eigenvalue weighted by molar-refractivity contribution is 0.0801. The Labute approximate surface area is 150 Å². The molecule has 0 spiro atoms. The van der Waals surface area contributed by atoms with E-state index in [1.807, 2.05) is 33.0 Å². The van der Waals surface area contributed by atoms with E-state index in [0.717, 1.165) is 27.8 Å². The maximum atomic E-state index is 12.9. The van der Waals surface area contributed by atoms with Gasteiger partial charge in [-0.2, -0.15) is 0 Å². The van der Waals surface area contributed by atoms with Crippen LogP contribution in [0.4, 0.5) is 0 Å². The maximum absolute atomic E-state index is 12.9. The first-order valence-electron chi connectivity index (χ1n) is 8.13. The second kappa shape index (κ2) is 7.57. The first-order chi connectivity index (χ1) is 12.1. The van der Waals surface area contributed by atoms with Gasteiger partial charge in [-0.3, -0.25) is 9.78 Å². The minimum Gasteiger partial charge on any atom is -0.477 e. The molecule has 0 aliphatic heterocycles. The van der Waals surface area contributed by atoms with Gasteiger partial charge in [0, 0.05) is 26.0 Å². The van der Waals surface area contributed by atoms with Crippen molar-refractivity contribution in [3.63, 3.8) is 0 Å². The standard InChI is InChI=1S/C18H20N4O2S/c1-4-24-16-14-12(2)15(25-17(14)21-11-20-16)18(23)22(3)10-7-13-5-8-19-9-6-13/h5-6,8-9,11H,4,7,10H2,1-3H3. The predicted molar refractivity (Wildman–Crippen MR) is 98.2 cm³/mol. The van der Waals surface area contributed by atoms with Gasteiger partial charge in [-0.1, -0.05) is 0 Å². The Morgan fingerprint density at radius 2 is 2.04 bits per heavy atom. The third kappa shape index (κ3) is 3.61. The molecule has 3 rings (SSSR count). The average molecular weight is 356 g/mol. The molecule has 0 saturated heterocycles.